The summed E-state index contributed by atoms with van der Waals surface area (Å²) < 4.78 is 1.02. The number of nitrogens with two attached hydrogens (primary N) is 2. The Morgan fingerprint density at radius 1 is 0.655 bits per heavy atom. The third kappa shape index (κ3) is 4.44. The fraction of sp³-hybridized carbons (Fsp3) is 0. The SMILES string of the molecule is Nc1ncc2cc(-c3ccncc3)ccc2n1.Nc1ncc2cc(Br)ccc2n1. The third-order valence-corrected chi connectivity index (χ3v) is 4.67. The van der Waals surface area contributed by atoms with E-state index >= 15 is 0 Å². The van der Waals surface area contributed by atoms with E-state index in [1.165, 1.54) is 0 Å². The summed E-state index contributed by atoms with van der Waals surface area (Å²) in [5.74, 6) is 0.610. The highest BCUT2D eigenvalue weighted by molar-refractivity contribution is 9.10. The van der Waals surface area contributed by atoms with Gasteiger partial charge in [0.15, 0.2) is 0 Å². The lowest BCUT2D eigenvalue weighted by Crippen LogP contribution is -1.93. The first-order chi connectivity index (χ1) is 14.1. The number of aromatic nitrogens is 5. The van der Waals surface area contributed by atoms with E-state index in [1.807, 2.05) is 48.5 Å². The van der Waals surface area contributed by atoms with Gasteiger partial charge in [-0.2, -0.15) is 0 Å². The van der Waals surface area contributed by atoms with Gasteiger partial charge in [-0.3, -0.25) is 4.98 Å². The molecular weight excluding hydrogens is 430 g/mol. The summed E-state index contributed by atoms with van der Waals surface area (Å²) in [4.78, 5) is 20.1. The molecule has 142 valence electrons. The Bertz CT molecular complexity index is 1250. The van der Waals surface area contributed by atoms with Crippen molar-refractivity contribution in [1.82, 2.24) is 24.9 Å². The molecule has 0 spiro atoms. The van der Waals surface area contributed by atoms with Crippen LogP contribution >= 0.6 is 15.9 Å². The summed E-state index contributed by atoms with van der Waals surface area (Å²) in [6, 6.07) is 15.7. The first-order valence-electron chi connectivity index (χ1n) is 8.69. The minimum atomic E-state index is 0.300. The molecule has 29 heavy (non-hydrogen) atoms. The van der Waals surface area contributed by atoms with Crippen LogP contribution in [0.1, 0.15) is 0 Å². The Morgan fingerprint density at radius 3 is 1.90 bits per heavy atom. The predicted molar refractivity (Wildman–Crippen MR) is 119 cm³/mol. The molecule has 7 nitrogen and oxygen atoms in total. The Balaban J connectivity index is 0.000000150. The second kappa shape index (κ2) is 8.15. The monoisotopic (exact) mass is 445 g/mol. The highest BCUT2D eigenvalue weighted by Gasteiger charge is 2.01. The molecular formula is C21H16BrN7. The van der Waals surface area contributed by atoms with Crippen LogP contribution in [-0.2, 0) is 0 Å². The lowest BCUT2D eigenvalue weighted by molar-refractivity contribution is 1.24. The van der Waals surface area contributed by atoms with Crippen LogP contribution in [0.15, 0.2) is 77.8 Å². The molecule has 0 atom stereocenters. The van der Waals surface area contributed by atoms with Gasteiger partial charge in [0.1, 0.15) is 0 Å². The molecule has 0 aliphatic heterocycles. The smallest absolute Gasteiger partial charge is 0.220 e. The fourth-order valence-electron chi connectivity index (χ4n) is 2.79. The number of halogens is 1. The first kappa shape index (κ1) is 18.7. The summed E-state index contributed by atoms with van der Waals surface area (Å²) >= 11 is 3.36. The average molecular weight is 446 g/mol. The minimum Gasteiger partial charge on any atom is -0.368 e. The van der Waals surface area contributed by atoms with Crippen LogP contribution in [0, 0.1) is 0 Å². The number of nitrogen functional groups attached to an aromatic ring is 2. The quantitative estimate of drug-likeness (QED) is 0.395. The molecule has 0 amide bonds. The van der Waals surface area contributed by atoms with Gasteiger partial charge in [0.05, 0.1) is 11.0 Å². The van der Waals surface area contributed by atoms with Crippen molar-refractivity contribution in [2.24, 2.45) is 0 Å². The fourth-order valence-corrected chi connectivity index (χ4v) is 3.17. The number of rotatable bonds is 1. The van der Waals surface area contributed by atoms with Gasteiger partial charge in [-0.1, -0.05) is 22.0 Å². The number of hydrogen-bond acceptors (Lipinski definition) is 7. The van der Waals surface area contributed by atoms with Gasteiger partial charge in [0.25, 0.3) is 0 Å². The lowest BCUT2D eigenvalue weighted by atomic mass is 10.1. The van der Waals surface area contributed by atoms with Crippen molar-refractivity contribution in [3.05, 3.63) is 77.8 Å². The van der Waals surface area contributed by atoms with Gasteiger partial charge >= 0.3 is 0 Å². The molecule has 0 fully saturated rings. The molecule has 5 aromatic rings. The molecule has 0 radical (unpaired) electrons. The minimum absolute atomic E-state index is 0.300. The van der Waals surface area contributed by atoms with E-state index in [9.17, 15) is 0 Å². The molecule has 3 aromatic heterocycles. The standard InChI is InChI=1S/C13H10N4.C8H6BrN3/c14-13-16-8-11-7-10(1-2-12(11)17-13)9-3-5-15-6-4-9;9-6-1-2-7-5(3-6)4-11-8(10)12-7/h1-8H,(H2,14,16,17);1-4H,(H2,10,11,12). The van der Waals surface area contributed by atoms with E-state index in [0.29, 0.717) is 11.9 Å². The van der Waals surface area contributed by atoms with Gasteiger partial charge in [-0.25, -0.2) is 19.9 Å². The Hall–Kier alpha value is -3.65. The Labute approximate surface area is 175 Å². The topological polar surface area (TPSA) is 116 Å². The molecule has 0 aliphatic rings. The van der Waals surface area contributed by atoms with Gasteiger partial charge in [-0.05, 0) is 53.6 Å². The van der Waals surface area contributed by atoms with Gasteiger partial charge < -0.3 is 11.5 Å². The highest BCUT2D eigenvalue weighted by atomic mass is 79.9. The lowest BCUT2D eigenvalue weighted by Gasteiger charge is -2.03. The number of anilines is 2. The van der Waals surface area contributed by atoms with Crippen molar-refractivity contribution in [3.63, 3.8) is 0 Å². The van der Waals surface area contributed by atoms with E-state index < -0.39 is 0 Å². The number of nitrogens with zero attached hydrogens (tertiary/aromatic N) is 5. The summed E-state index contributed by atoms with van der Waals surface area (Å²) in [5.41, 5.74) is 14.9. The van der Waals surface area contributed by atoms with Crippen LogP contribution in [0.3, 0.4) is 0 Å². The van der Waals surface area contributed by atoms with Crippen molar-refractivity contribution < 1.29 is 0 Å². The molecule has 4 N–H and O–H groups in total. The third-order valence-electron chi connectivity index (χ3n) is 4.17. The summed E-state index contributed by atoms with van der Waals surface area (Å²) in [6.07, 6.45) is 7.00. The van der Waals surface area contributed by atoms with E-state index in [1.54, 1.807) is 24.8 Å². The van der Waals surface area contributed by atoms with Crippen LogP contribution in [-0.4, -0.2) is 24.9 Å². The maximum Gasteiger partial charge on any atom is 0.220 e. The summed E-state index contributed by atoms with van der Waals surface area (Å²) in [5, 5.41) is 1.96. The van der Waals surface area contributed by atoms with Crippen LogP contribution in [0.5, 0.6) is 0 Å². The number of pyridine rings is 1. The normalized spacial score (nSPS) is 10.5. The van der Waals surface area contributed by atoms with Crippen LogP contribution < -0.4 is 11.5 Å². The largest absolute Gasteiger partial charge is 0.368 e. The summed E-state index contributed by atoms with van der Waals surface area (Å²) in [6.45, 7) is 0. The van der Waals surface area contributed by atoms with Gasteiger partial charge in [0.2, 0.25) is 11.9 Å². The van der Waals surface area contributed by atoms with Crippen molar-refractivity contribution in [2.45, 2.75) is 0 Å². The maximum absolute atomic E-state index is 5.54. The van der Waals surface area contributed by atoms with E-state index in [0.717, 1.165) is 37.4 Å². The van der Waals surface area contributed by atoms with Crippen molar-refractivity contribution >= 4 is 49.6 Å². The van der Waals surface area contributed by atoms with E-state index in [2.05, 4.69) is 40.8 Å². The zero-order valence-electron chi connectivity index (χ0n) is 15.2. The van der Waals surface area contributed by atoms with Crippen molar-refractivity contribution in [3.8, 4) is 11.1 Å². The number of hydrogen-bond donors (Lipinski definition) is 2. The molecule has 5 rings (SSSR count). The van der Waals surface area contributed by atoms with Crippen LogP contribution in [0.4, 0.5) is 11.9 Å². The predicted octanol–water partition coefficient (Wildman–Crippen LogP) is 4.25. The van der Waals surface area contributed by atoms with Crippen molar-refractivity contribution in [1.29, 1.82) is 0 Å². The summed E-state index contributed by atoms with van der Waals surface area (Å²) in [7, 11) is 0. The molecule has 0 aliphatic carbocycles. The Kier molecular flexibility index (Phi) is 5.26. The molecule has 8 heteroatoms. The molecule has 0 bridgehead atoms. The highest BCUT2D eigenvalue weighted by Crippen LogP contribution is 2.22. The Morgan fingerprint density at radius 2 is 1.24 bits per heavy atom. The zero-order chi connectivity index (χ0) is 20.2. The molecule has 2 aromatic carbocycles. The second-order valence-corrected chi connectivity index (χ2v) is 7.08. The molecule has 0 unspecified atom stereocenters. The molecule has 3 heterocycles. The maximum atomic E-state index is 5.54. The van der Waals surface area contributed by atoms with Crippen LogP contribution in [0.2, 0.25) is 0 Å². The number of benzene rings is 2. The van der Waals surface area contributed by atoms with E-state index in [4.69, 9.17) is 11.5 Å². The van der Waals surface area contributed by atoms with Crippen LogP contribution in [0.25, 0.3) is 32.9 Å². The second-order valence-electron chi connectivity index (χ2n) is 6.17. The average Bonchev–Trinajstić information content (AvgIpc) is 2.75. The van der Waals surface area contributed by atoms with E-state index in [-0.39, 0.29) is 0 Å². The first-order valence-corrected chi connectivity index (χ1v) is 9.48. The van der Waals surface area contributed by atoms with Gasteiger partial charge in [-0.15, -0.1) is 0 Å². The molecule has 0 saturated carbocycles. The van der Waals surface area contributed by atoms with Gasteiger partial charge in [0, 0.05) is 40.0 Å². The molecule has 0 saturated heterocycles. The van der Waals surface area contributed by atoms with Crippen molar-refractivity contribution in [2.75, 3.05) is 11.5 Å². The zero-order valence-corrected chi connectivity index (χ0v) is 16.8. The number of fused-ring (bicyclic) bond motifs is 2.